The van der Waals surface area contributed by atoms with Crippen molar-refractivity contribution in [1.82, 2.24) is 0 Å². The molecule has 0 amide bonds. The first-order chi connectivity index (χ1) is 9.65. The minimum atomic E-state index is 0.689. The fraction of sp³-hybridized carbons (Fsp3) is 0.900. The first-order valence-corrected chi connectivity index (χ1v) is 9.13. The summed E-state index contributed by atoms with van der Waals surface area (Å²) in [5.41, 5.74) is 0. The van der Waals surface area contributed by atoms with Crippen LogP contribution in [0.15, 0.2) is 0 Å². The summed E-state index contributed by atoms with van der Waals surface area (Å²) in [5, 5.41) is 0. The van der Waals surface area contributed by atoms with E-state index in [1.165, 1.54) is 51.4 Å². The lowest BCUT2D eigenvalue weighted by molar-refractivity contribution is 0.0995. The van der Waals surface area contributed by atoms with E-state index in [2.05, 4.69) is 32.6 Å². The third kappa shape index (κ3) is 2.93. The van der Waals surface area contributed by atoms with Gasteiger partial charge >= 0.3 is 0 Å². The van der Waals surface area contributed by atoms with E-state index in [9.17, 15) is 0 Å². The molecule has 5 unspecified atom stereocenters. The predicted molar refractivity (Wildman–Crippen MR) is 86.2 cm³/mol. The summed E-state index contributed by atoms with van der Waals surface area (Å²) in [5.74, 6) is 13.4. The van der Waals surface area contributed by atoms with Crippen LogP contribution in [0.2, 0.25) is 0 Å². The molecule has 0 N–H and O–H groups in total. The van der Waals surface area contributed by atoms with Crippen LogP contribution in [-0.2, 0) is 0 Å². The van der Waals surface area contributed by atoms with Gasteiger partial charge in [-0.1, -0.05) is 52.4 Å². The molecule has 0 nitrogen and oxygen atoms in total. The Balaban J connectivity index is 1.82. The van der Waals surface area contributed by atoms with Gasteiger partial charge in [-0.2, -0.15) is 0 Å². The molecule has 0 aliphatic heterocycles. The summed E-state index contributed by atoms with van der Waals surface area (Å²) in [7, 11) is 0. The molecule has 0 heterocycles. The molecule has 20 heavy (non-hydrogen) atoms. The summed E-state index contributed by atoms with van der Waals surface area (Å²) in [6, 6.07) is 0. The molecule has 2 fully saturated rings. The van der Waals surface area contributed by atoms with E-state index >= 15 is 0 Å². The Hall–Kier alpha value is -0.440. The molecule has 0 aromatic rings. The molecule has 0 heteroatoms. The monoisotopic (exact) mass is 272 g/mol. The molecule has 0 spiro atoms. The van der Waals surface area contributed by atoms with Crippen molar-refractivity contribution in [2.24, 2.45) is 41.4 Å². The molecule has 2 bridgehead atoms. The van der Waals surface area contributed by atoms with Gasteiger partial charge in [-0.15, -0.1) is 5.92 Å². The smallest absolute Gasteiger partial charge is 0.0233 e. The van der Waals surface area contributed by atoms with Crippen LogP contribution >= 0.6 is 0 Å². The Morgan fingerprint density at radius 2 is 1.75 bits per heavy atom. The van der Waals surface area contributed by atoms with Gasteiger partial charge in [0.2, 0.25) is 0 Å². The molecule has 0 aromatic heterocycles. The second-order valence-corrected chi connectivity index (χ2v) is 8.28. The van der Waals surface area contributed by atoms with Crippen molar-refractivity contribution >= 4 is 0 Å². The first kappa shape index (κ1) is 14.5. The second-order valence-electron chi connectivity index (χ2n) is 8.28. The van der Waals surface area contributed by atoms with E-state index in [1.807, 2.05) is 0 Å². The van der Waals surface area contributed by atoms with Gasteiger partial charge in [0.15, 0.2) is 0 Å². The van der Waals surface area contributed by atoms with Gasteiger partial charge in [0.1, 0.15) is 0 Å². The molecule has 112 valence electrons. The third-order valence-corrected chi connectivity index (χ3v) is 6.73. The number of hydrogen-bond acceptors (Lipinski definition) is 0. The lowest BCUT2D eigenvalue weighted by Crippen LogP contribution is -2.34. The molecule has 4 aliphatic carbocycles. The SMILES string of the molecule is CC(C)C1CC2CC#CC(C1)C(C)C(C1CCCC1)C2. The molecule has 2 saturated carbocycles. The minimum absolute atomic E-state index is 0.689. The predicted octanol–water partition coefficient (Wildman–Crippen LogP) is 5.52. The Kier molecular flexibility index (Phi) is 4.44. The van der Waals surface area contributed by atoms with Crippen LogP contribution in [0.1, 0.15) is 72.1 Å². The fourth-order valence-electron chi connectivity index (χ4n) is 5.30. The van der Waals surface area contributed by atoms with Crippen LogP contribution in [0.5, 0.6) is 0 Å². The summed E-state index contributed by atoms with van der Waals surface area (Å²) in [6.07, 6.45) is 11.5. The summed E-state index contributed by atoms with van der Waals surface area (Å²) in [4.78, 5) is 0. The third-order valence-electron chi connectivity index (χ3n) is 6.73. The highest BCUT2D eigenvalue weighted by molar-refractivity contribution is 5.11. The van der Waals surface area contributed by atoms with Crippen molar-refractivity contribution in [3.8, 4) is 11.8 Å². The molecule has 5 atom stereocenters. The van der Waals surface area contributed by atoms with E-state index in [1.54, 1.807) is 0 Å². The van der Waals surface area contributed by atoms with Gasteiger partial charge in [0, 0.05) is 12.3 Å². The van der Waals surface area contributed by atoms with Crippen molar-refractivity contribution in [2.75, 3.05) is 0 Å². The average Bonchev–Trinajstić information content (AvgIpc) is 2.87. The highest BCUT2D eigenvalue weighted by Crippen LogP contribution is 2.47. The zero-order valence-electron chi connectivity index (χ0n) is 13.7. The molecule has 0 aromatic carbocycles. The maximum Gasteiger partial charge on any atom is 0.0233 e. The quantitative estimate of drug-likeness (QED) is 0.580. The Bertz CT molecular complexity index is 377. The summed E-state index contributed by atoms with van der Waals surface area (Å²) >= 11 is 0. The number of hydrogen-bond donors (Lipinski definition) is 0. The van der Waals surface area contributed by atoms with Gasteiger partial charge < -0.3 is 0 Å². The van der Waals surface area contributed by atoms with Crippen molar-refractivity contribution in [3.05, 3.63) is 0 Å². The van der Waals surface area contributed by atoms with Crippen molar-refractivity contribution in [3.63, 3.8) is 0 Å². The lowest BCUT2D eigenvalue weighted by Gasteiger charge is -2.42. The van der Waals surface area contributed by atoms with E-state index < -0.39 is 0 Å². The molecular weight excluding hydrogens is 240 g/mol. The van der Waals surface area contributed by atoms with E-state index in [4.69, 9.17) is 0 Å². The van der Waals surface area contributed by atoms with Gasteiger partial charge in [0.05, 0.1) is 0 Å². The lowest BCUT2D eigenvalue weighted by atomic mass is 9.63. The van der Waals surface area contributed by atoms with Crippen molar-refractivity contribution in [1.29, 1.82) is 0 Å². The van der Waals surface area contributed by atoms with Crippen LogP contribution in [-0.4, -0.2) is 0 Å². The van der Waals surface area contributed by atoms with Crippen LogP contribution in [0.4, 0.5) is 0 Å². The number of rotatable bonds is 2. The van der Waals surface area contributed by atoms with Gasteiger partial charge in [-0.05, 0) is 54.8 Å². The summed E-state index contributed by atoms with van der Waals surface area (Å²) in [6.45, 7) is 7.39. The Morgan fingerprint density at radius 1 is 1.00 bits per heavy atom. The zero-order chi connectivity index (χ0) is 14.1. The highest BCUT2D eigenvalue weighted by Gasteiger charge is 2.39. The molecular formula is C20H32. The topological polar surface area (TPSA) is 0 Å². The Morgan fingerprint density at radius 3 is 2.45 bits per heavy atom. The largest absolute Gasteiger partial charge is 0.103 e. The molecule has 0 radical (unpaired) electrons. The van der Waals surface area contributed by atoms with Crippen molar-refractivity contribution in [2.45, 2.75) is 72.1 Å². The second kappa shape index (κ2) is 6.13. The molecule has 4 rings (SSSR count). The minimum Gasteiger partial charge on any atom is -0.103 e. The van der Waals surface area contributed by atoms with Crippen LogP contribution < -0.4 is 0 Å². The molecule has 4 aliphatic rings. The summed E-state index contributed by atoms with van der Waals surface area (Å²) < 4.78 is 0. The Labute approximate surface area is 126 Å². The van der Waals surface area contributed by atoms with E-state index in [0.717, 1.165) is 35.5 Å². The maximum absolute atomic E-state index is 3.69. The fourth-order valence-corrected chi connectivity index (χ4v) is 5.30. The molecule has 0 saturated heterocycles. The van der Waals surface area contributed by atoms with Gasteiger partial charge in [-0.25, -0.2) is 0 Å². The van der Waals surface area contributed by atoms with Gasteiger partial charge in [0.25, 0.3) is 0 Å². The van der Waals surface area contributed by atoms with E-state index in [0.29, 0.717) is 5.92 Å². The van der Waals surface area contributed by atoms with E-state index in [-0.39, 0.29) is 0 Å². The van der Waals surface area contributed by atoms with Crippen LogP contribution in [0.3, 0.4) is 0 Å². The first-order valence-electron chi connectivity index (χ1n) is 9.13. The van der Waals surface area contributed by atoms with Crippen LogP contribution in [0, 0.1) is 53.3 Å². The average molecular weight is 272 g/mol. The maximum atomic E-state index is 3.69. The van der Waals surface area contributed by atoms with Crippen LogP contribution in [0.25, 0.3) is 0 Å². The zero-order valence-corrected chi connectivity index (χ0v) is 13.7. The standard InChI is InChI=1S/C20H32/c1-14(2)19-11-16-7-6-10-18(13-19)15(3)20(12-16)17-8-4-5-9-17/h14-20H,4-5,7-9,11-13H2,1-3H3. The number of fused-ring (bicyclic) bond motifs is 5. The van der Waals surface area contributed by atoms with Crippen molar-refractivity contribution < 1.29 is 0 Å². The van der Waals surface area contributed by atoms with Gasteiger partial charge in [-0.3, -0.25) is 0 Å². The normalized spacial score (nSPS) is 41.9. The highest BCUT2D eigenvalue weighted by atomic mass is 14.4.